The molecular weight excluding hydrogens is 459 g/mol. The van der Waals surface area contributed by atoms with Gasteiger partial charge in [0, 0.05) is 5.69 Å². The number of benzene rings is 2. The number of amides is 1. The van der Waals surface area contributed by atoms with E-state index in [4.69, 9.17) is 32.7 Å². The Morgan fingerprint density at radius 3 is 2.48 bits per heavy atom. The van der Waals surface area contributed by atoms with E-state index in [9.17, 15) is 9.59 Å². The highest BCUT2D eigenvalue weighted by Crippen LogP contribution is 2.36. The predicted molar refractivity (Wildman–Crippen MR) is 126 cm³/mol. The minimum absolute atomic E-state index is 0.192. The number of halogens is 2. The second-order valence-corrected chi connectivity index (χ2v) is 8.54. The molecule has 0 radical (unpaired) electrons. The van der Waals surface area contributed by atoms with E-state index in [-0.39, 0.29) is 40.4 Å². The molecule has 9 heteroatoms. The van der Waals surface area contributed by atoms with Gasteiger partial charge in [0.05, 0.1) is 21.6 Å². The van der Waals surface area contributed by atoms with Crippen LogP contribution in [-0.4, -0.2) is 30.6 Å². The topological polar surface area (TPSA) is 76.7 Å². The molecule has 2 aromatic rings. The summed E-state index contributed by atoms with van der Waals surface area (Å²) in [6, 6.07) is 11.3. The zero-order valence-electron chi connectivity index (χ0n) is 17.0. The van der Waals surface area contributed by atoms with E-state index in [1.807, 2.05) is 12.1 Å². The lowest BCUT2D eigenvalue weighted by molar-refractivity contribution is -0.145. The van der Waals surface area contributed by atoms with Gasteiger partial charge in [-0.05, 0) is 54.8 Å². The highest BCUT2D eigenvalue weighted by Gasteiger charge is 2.27. The minimum Gasteiger partial charge on any atom is -0.479 e. The molecule has 164 valence electrons. The molecule has 0 aliphatic carbocycles. The summed E-state index contributed by atoms with van der Waals surface area (Å²) in [6.07, 6.45) is 2.68. The van der Waals surface area contributed by atoms with Crippen LogP contribution in [0.25, 0.3) is 6.08 Å². The number of hydrogen-bond acceptors (Lipinski definition) is 6. The maximum Gasteiger partial charge on any atom is 0.344 e. The average molecular weight is 481 g/mol. The molecular formula is C22H22Cl2N2O4S. The number of anilines is 1. The normalized spacial score (nSPS) is 16.8. The van der Waals surface area contributed by atoms with Crippen LogP contribution in [-0.2, 0) is 20.7 Å². The molecule has 31 heavy (non-hydrogen) atoms. The van der Waals surface area contributed by atoms with Crippen molar-refractivity contribution < 1.29 is 19.1 Å². The number of carbonyl (C=O) groups excluding carboxylic acids is 2. The number of esters is 1. The fourth-order valence-corrected chi connectivity index (χ4v) is 4.44. The van der Waals surface area contributed by atoms with Gasteiger partial charge in [0.2, 0.25) is 0 Å². The van der Waals surface area contributed by atoms with Gasteiger partial charge >= 0.3 is 5.97 Å². The zero-order chi connectivity index (χ0) is 22.4. The molecule has 1 heterocycles. The molecule has 2 aromatic carbocycles. The Kier molecular flexibility index (Phi) is 8.12. The van der Waals surface area contributed by atoms with E-state index < -0.39 is 5.97 Å². The monoisotopic (exact) mass is 480 g/mol. The lowest BCUT2D eigenvalue weighted by Crippen LogP contribution is -2.30. The Hall–Kier alpha value is -2.35. The lowest BCUT2D eigenvalue weighted by atomic mass is 10.1. The lowest BCUT2D eigenvalue weighted by Gasteiger charge is -2.13. The van der Waals surface area contributed by atoms with Crippen LogP contribution in [0.5, 0.6) is 5.75 Å². The highest BCUT2D eigenvalue weighted by molar-refractivity contribution is 8.05. The highest BCUT2D eigenvalue weighted by atomic mass is 35.5. The van der Waals surface area contributed by atoms with Gasteiger partial charge in [0.25, 0.3) is 5.91 Å². The van der Waals surface area contributed by atoms with Crippen LogP contribution in [0.4, 0.5) is 5.69 Å². The van der Waals surface area contributed by atoms with Crippen LogP contribution in [0.2, 0.25) is 10.0 Å². The summed E-state index contributed by atoms with van der Waals surface area (Å²) in [5, 5.41) is 6.64. The van der Waals surface area contributed by atoms with Crippen molar-refractivity contribution >= 4 is 58.6 Å². The van der Waals surface area contributed by atoms with Gasteiger partial charge in [-0.25, -0.2) is 4.79 Å². The molecule has 1 saturated heterocycles. The van der Waals surface area contributed by atoms with Crippen molar-refractivity contribution in [2.24, 2.45) is 0 Å². The Balaban J connectivity index is 1.67. The smallest absolute Gasteiger partial charge is 0.344 e. The first-order chi connectivity index (χ1) is 14.9. The van der Waals surface area contributed by atoms with E-state index in [0.717, 1.165) is 12.1 Å². The molecule has 1 aliphatic heterocycles. The van der Waals surface area contributed by atoms with Crippen LogP contribution in [0.1, 0.15) is 25.0 Å². The van der Waals surface area contributed by atoms with Gasteiger partial charge in [0.1, 0.15) is 0 Å². The van der Waals surface area contributed by atoms with Gasteiger partial charge in [-0.1, -0.05) is 54.0 Å². The van der Waals surface area contributed by atoms with Gasteiger partial charge in [-0.15, -0.1) is 0 Å². The van der Waals surface area contributed by atoms with Gasteiger partial charge in [-0.3, -0.25) is 4.79 Å². The van der Waals surface area contributed by atoms with Crippen molar-refractivity contribution in [2.45, 2.75) is 25.8 Å². The maximum atomic E-state index is 12.4. The Labute approximate surface area is 195 Å². The van der Waals surface area contributed by atoms with Crippen molar-refractivity contribution in [3.63, 3.8) is 0 Å². The minimum atomic E-state index is -0.511. The van der Waals surface area contributed by atoms with Crippen LogP contribution < -0.4 is 15.4 Å². The van der Waals surface area contributed by atoms with Crippen molar-refractivity contribution in [1.29, 1.82) is 0 Å². The van der Waals surface area contributed by atoms with Gasteiger partial charge in [-0.2, -0.15) is 0 Å². The number of nitrogens with one attached hydrogen (secondary N) is 2. The standard InChI is InChI=1S/C22H22Cl2N2O4S/c1-3-13-5-7-15(8-6-13)25-22-26-21(28)18(31-22)11-14-9-16(23)20(17(24)10-14)30-12-19(27)29-4-2/h5-11,22,25H,3-4,12H2,1-2H3,(H,26,28)/b18-11-/t22-/m1/s1. The summed E-state index contributed by atoms with van der Waals surface area (Å²) >= 11 is 13.9. The van der Waals surface area contributed by atoms with Crippen molar-refractivity contribution in [2.75, 3.05) is 18.5 Å². The number of hydrogen-bond donors (Lipinski definition) is 2. The third-order valence-corrected chi connectivity index (χ3v) is 5.94. The quantitative estimate of drug-likeness (QED) is 0.404. The third-order valence-electron chi connectivity index (χ3n) is 4.35. The van der Waals surface area contributed by atoms with E-state index >= 15 is 0 Å². The Bertz CT molecular complexity index is 973. The second-order valence-electron chi connectivity index (χ2n) is 6.58. The molecule has 0 bridgehead atoms. The van der Waals surface area contributed by atoms with Crippen LogP contribution in [0, 0.1) is 0 Å². The van der Waals surface area contributed by atoms with Gasteiger partial charge in [0.15, 0.2) is 17.9 Å². The van der Waals surface area contributed by atoms with Gasteiger partial charge < -0.3 is 20.1 Å². The Morgan fingerprint density at radius 2 is 1.87 bits per heavy atom. The molecule has 1 atom stereocenters. The molecule has 3 rings (SSSR count). The number of aryl methyl sites for hydroxylation is 1. The van der Waals surface area contributed by atoms with Crippen molar-refractivity contribution in [1.82, 2.24) is 5.32 Å². The van der Waals surface area contributed by atoms with Crippen molar-refractivity contribution in [3.05, 3.63) is 62.5 Å². The molecule has 0 saturated carbocycles. The van der Waals surface area contributed by atoms with E-state index in [1.165, 1.54) is 17.3 Å². The molecule has 2 N–H and O–H groups in total. The maximum absolute atomic E-state index is 12.4. The molecule has 6 nitrogen and oxygen atoms in total. The molecule has 1 fully saturated rings. The number of carbonyl (C=O) groups is 2. The van der Waals surface area contributed by atoms with E-state index in [1.54, 1.807) is 25.1 Å². The summed E-state index contributed by atoms with van der Waals surface area (Å²) in [5.41, 5.74) is 2.52. The molecule has 1 aliphatic rings. The fraction of sp³-hybridized carbons (Fsp3) is 0.273. The predicted octanol–water partition coefficient (Wildman–Crippen LogP) is 5.10. The third kappa shape index (κ3) is 6.32. The zero-order valence-corrected chi connectivity index (χ0v) is 19.4. The summed E-state index contributed by atoms with van der Waals surface area (Å²) in [4.78, 5) is 24.4. The molecule has 0 unspecified atom stereocenters. The summed E-state index contributed by atoms with van der Waals surface area (Å²) in [5.74, 6) is -0.512. The number of ether oxygens (including phenoxy) is 2. The summed E-state index contributed by atoms with van der Waals surface area (Å²) in [6.45, 7) is 3.78. The number of rotatable bonds is 8. The van der Waals surface area contributed by atoms with Crippen LogP contribution in [0.3, 0.4) is 0 Å². The second kappa shape index (κ2) is 10.8. The van der Waals surface area contributed by atoms with E-state index in [2.05, 4.69) is 29.7 Å². The average Bonchev–Trinajstić information content (AvgIpc) is 3.06. The summed E-state index contributed by atoms with van der Waals surface area (Å²) < 4.78 is 10.2. The molecule has 1 amide bonds. The first kappa shape index (κ1) is 23.3. The first-order valence-corrected chi connectivity index (χ1v) is 11.3. The Morgan fingerprint density at radius 1 is 1.19 bits per heavy atom. The van der Waals surface area contributed by atoms with E-state index in [0.29, 0.717) is 10.5 Å². The first-order valence-electron chi connectivity index (χ1n) is 9.71. The fourth-order valence-electron chi connectivity index (χ4n) is 2.84. The SMILES string of the molecule is CCOC(=O)COc1c(Cl)cc(/C=C2\S[C@H](Nc3ccc(CC)cc3)NC2=O)cc1Cl. The van der Waals surface area contributed by atoms with Crippen LogP contribution >= 0.6 is 35.0 Å². The number of thioether (sulfide) groups is 1. The summed E-state index contributed by atoms with van der Waals surface area (Å²) in [7, 11) is 0. The van der Waals surface area contributed by atoms with Crippen molar-refractivity contribution in [3.8, 4) is 5.75 Å². The largest absolute Gasteiger partial charge is 0.479 e. The van der Waals surface area contributed by atoms with Crippen LogP contribution in [0.15, 0.2) is 41.3 Å². The molecule has 0 spiro atoms. The molecule has 0 aromatic heterocycles.